The summed E-state index contributed by atoms with van der Waals surface area (Å²) in [5, 5.41) is 0.956. The maximum Gasteiger partial charge on any atom is 0.356 e. The third-order valence-corrected chi connectivity index (χ3v) is 4.29. The number of benzene rings is 1. The van der Waals surface area contributed by atoms with E-state index in [1.54, 1.807) is 6.07 Å². The van der Waals surface area contributed by atoms with Crippen molar-refractivity contribution < 1.29 is 9.53 Å². The highest BCUT2D eigenvalue weighted by Gasteiger charge is 2.12. The van der Waals surface area contributed by atoms with Crippen LogP contribution in [0.2, 0.25) is 0 Å². The molecule has 0 radical (unpaired) electrons. The lowest BCUT2D eigenvalue weighted by atomic mass is 10.1. The average molecular weight is 345 g/mol. The van der Waals surface area contributed by atoms with Gasteiger partial charge in [-0.2, -0.15) is 0 Å². The molecule has 1 aromatic carbocycles. The van der Waals surface area contributed by atoms with Crippen LogP contribution in [0.3, 0.4) is 0 Å². The van der Waals surface area contributed by atoms with Gasteiger partial charge in [0.05, 0.1) is 7.11 Å². The summed E-state index contributed by atoms with van der Waals surface area (Å²) in [5.41, 5.74) is 4.19. The molecule has 0 aliphatic carbocycles. The molecule has 1 N–H and O–H groups in total. The fourth-order valence-corrected chi connectivity index (χ4v) is 2.63. The summed E-state index contributed by atoms with van der Waals surface area (Å²) in [6, 6.07) is 11.6. The predicted octanol–water partition coefficient (Wildman–Crippen LogP) is 4.09. The third-order valence-electron chi connectivity index (χ3n) is 3.43. The van der Waals surface area contributed by atoms with Gasteiger partial charge in [-0.25, -0.2) is 9.78 Å². The minimum atomic E-state index is -0.438. The number of aromatic amines is 1. The van der Waals surface area contributed by atoms with E-state index in [1.807, 2.05) is 30.3 Å². The van der Waals surface area contributed by atoms with Crippen LogP contribution in [0.25, 0.3) is 22.3 Å². The summed E-state index contributed by atoms with van der Waals surface area (Å²) < 4.78 is 5.75. The number of pyridine rings is 1. The highest BCUT2D eigenvalue weighted by molar-refractivity contribution is 9.10. The van der Waals surface area contributed by atoms with Crippen molar-refractivity contribution in [2.24, 2.45) is 0 Å². The van der Waals surface area contributed by atoms with E-state index in [0.717, 1.165) is 26.7 Å². The number of rotatable bonds is 2. The smallest absolute Gasteiger partial charge is 0.356 e. The van der Waals surface area contributed by atoms with Crippen molar-refractivity contribution in [2.75, 3.05) is 7.11 Å². The average Bonchev–Trinajstić information content (AvgIpc) is 2.91. The highest BCUT2D eigenvalue weighted by Crippen LogP contribution is 2.30. The Labute approximate surface area is 130 Å². The standard InChI is InChI=1S/C16H13BrN2O2/c1-9-11(4-3-5-12(9)17)14-8-10-6-7-13(16(20)21-2)18-15(10)19-14/h3-8H,1-2H3,(H,18,19). The SMILES string of the molecule is COC(=O)c1ccc2cc(-c3cccc(Br)c3C)[nH]c2n1. The van der Waals surface area contributed by atoms with Crippen molar-refractivity contribution in [1.82, 2.24) is 9.97 Å². The second-order valence-corrected chi connectivity index (χ2v) is 5.58. The zero-order valence-corrected chi connectivity index (χ0v) is 13.2. The van der Waals surface area contributed by atoms with Gasteiger partial charge in [-0.15, -0.1) is 0 Å². The van der Waals surface area contributed by atoms with Crippen LogP contribution in [0.15, 0.2) is 40.9 Å². The van der Waals surface area contributed by atoms with Crippen LogP contribution in [-0.4, -0.2) is 23.0 Å². The van der Waals surface area contributed by atoms with Crippen molar-refractivity contribution in [3.8, 4) is 11.3 Å². The first-order valence-corrected chi connectivity index (χ1v) is 7.23. The fourth-order valence-electron chi connectivity index (χ4n) is 2.27. The Balaban J connectivity index is 2.13. The van der Waals surface area contributed by atoms with Crippen LogP contribution in [-0.2, 0) is 4.74 Å². The topological polar surface area (TPSA) is 55.0 Å². The molecule has 0 spiro atoms. The largest absolute Gasteiger partial charge is 0.464 e. The molecule has 0 amide bonds. The molecule has 3 aromatic rings. The van der Waals surface area contributed by atoms with Gasteiger partial charge in [0.15, 0.2) is 5.69 Å². The first-order chi connectivity index (χ1) is 10.1. The first kappa shape index (κ1) is 13.8. The van der Waals surface area contributed by atoms with Crippen LogP contribution >= 0.6 is 15.9 Å². The third kappa shape index (κ3) is 2.45. The zero-order valence-electron chi connectivity index (χ0n) is 11.6. The van der Waals surface area contributed by atoms with Gasteiger partial charge in [0.1, 0.15) is 5.65 Å². The minimum Gasteiger partial charge on any atom is -0.464 e. The Morgan fingerprint density at radius 1 is 1.29 bits per heavy atom. The number of nitrogens with zero attached hydrogens (tertiary/aromatic N) is 1. The van der Waals surface area contributed by atoms with Gasteiger partial charge in [0, 0.05) is 21.1 Å². The van der Waals surface area contributed by atoms with Gasteiger partial charge >= 0.3 is 5.97 Å². The van der Waals surface area contributed by atoms with E-state index in [0.29, 0.717) is 11.3 Å². The van der Waals surface area contributed by atoms with Crippen molar-refractivity contribution >= 4 is 32.9 Å². The van der Waals surface area contributed by atoms with E-state index < -0.39 is 5.97 Å². The second-order valence-electron chi connectivity index (χ2n) is 4.72. The van der Waals surface area contributed by atoms with E-state index in [4.69, 9.17) is 0 Å². The van der Waals surface area contributed by atoms with Crippen molar-refractivity contribution in [3.63, 3.8) is 0 Å². The lowest BCUT2D eigenvalue weighted by Crippen LogP contribution is -2.03. The zero-order chi connectivity index (χ0) is 15.0. The fraction of sp³-hybridized carbons (Fsp3) is 0.125. The molecule has 0 unspecified atom stereocenters. The van der Waals surface area contributed by atoms with Crippen LogP contribution in [0.1, 0.15) is 16.1 Å². The second kappa shape index (κ2) is 5.33. The van der Waals surface area contributed by atoms with Crippen molar-refractivity contribution in [3.05, 3.63) is 52.1 Å². The maximum atomic E-state index is 11.5. The van der Waals surface area contributed by atoms with E-state index in [2.05, 4.69) is 37.6 Å². The van der Waals surface area contributed by atoms with Crippen LogP contribution in [0.5, 0.6) is 0 Å². The molecule has 0 saturated carbocycles. The molecular weight excluding hydrogens is 332 g/mol. The monoisotopic (exact) mass is 344 g/mol. The number of fused-ring (bicyclic) bond motifs is 1. The van der Waals surface area contributed by atoms with Gasteiger partial charge in [-0.1, -0.05) is 28.1 Å². The number of carbonyl (C=O) groups excluding carboxylic acids is 1. The molecule has 4 nitrogen and oxygen atoms in total. The lowest BCUT2D eigenvalue weighted by molar-refractivity contribution is 0.0594. The highest BCUT2D eigenvalue weighted by atomic mass is 79.9. The molecule has 21 heavy (non-hydrogen) atoms. The molecule has 0 aliphatic heterocycles. The lowest BCUT2D eigenvalue weighted by Gasteiger charge is -2.04. The molecule has 5 heteroatoms. The molecule has 0 fully saturated rings. The Morgan fingerprint density at radius 2 is 2.10 bits per heavy atom. The van der Waals surface area contributed by atoms with Gasteiger partial charge in [-0.3, -0.25) is 0 Å². The summed E-state index contributed by atoms with van der Waals surface area (Å²) in [6.07, 6.45) is 0. The van der Waals surface area contributed by atoms with Gasteiger partial charge < -0.3 is 9.72 Å². The Bertz CT molecular complexity index is 839. The van der Waals surface area contributed by atoms with E-state index in [1.165, 1.54) is 7.11 Å². The number of methoxy groups -OCH3 is 1. The van der Waals surface area contributed by atoms with Crippen molar-refractivity contribution in [1.29, 1.82) is 0 Å². The minimum absolute atomic E-state index is 0.296. The number of esters is 1. The van der Waals surface area contributed by atoms with Crippen LogP contribution < -0.4 is 0 Å². The number of aromatic nitrogens is 2. The number of hydrogen-bond acceptors (Lipinski definition) is 3. The maximum absolute atomic E-state index is 11.5. The first-order valence-electron chi connectivity index (χ1n) is 6.43. The number of carbonyl (C=O) groups is 1. The molecule has 106 valence electrons. The molecule has 2 aromatic heterocycles. The van der Waals surface area contributed by atoms with Crippen molar-refractivity contribution in [2.45, 2.75) is 6.92 Å². The Hall–Kier alpha value is -2.14. The quantitative estimate of drug-likeness (QED) is 0.712. The van der Waals surface area contributed by atoms with Gasteiger partial charge in [-0.05, 0) is 36.8 Å². The molecule has 2 heterocycles. The van der Waals surface area contributed by atoms with E-state index in [9.17, 15) is 4.79 Å². The molecule has 0 saturated heterocycles. The van der Waals surface area contributed by atoms with Crippen LogP contribution in [0, 0.1) is 6.92 Å². The van der Waals surface area contributed by atoms with E-state index in [-0.39, 0.29) is 0 Å². The normalized spacial score (nSPS) is 10.8. The number of hydrogen-bond donors (Lipinski definition) is 1. The Kier molecular flexibility index (Phi) is 3.51. The number of halogens is 1. The summed E-state index contributed by atoms with van der Waals surface area (Å²) in [5.74, 6) is -0.438. The number of H-pyrrole nitrogens is 1. The van der Waals surface area contributed by atoms with Gasteiger partial charge in [0.25, 0.3) is 0 Å². The van der Waals surface area contributed by atoms with Gasteiger partial charge in [0.2, 0.25) is 0 Å². The number of ether oxygens (including phenoxy) is 1. The summed E-state index contributed by atoms with van der Waals surface area (Å²) in [6.45, 7) is 2.05. The summed E-state index contributed by atoms with van der Waals surface area (Å²) >= 11 is 3.54. The molecule has 0 atom stereocenters. The summed E-state index contributed by atoms with van der Waals surface area (Å²) in [7, 11) is 1.35. The van der Waals surface area contributed by atoms with Crippen LogP contribution in [0.4, 0.5) is 0 Å². The van der Waals surface area contributed by atoms with E-state index >= 15 is 0 Å². The number of nitrogens with one attached hydrogen (secondary N) is 1. The Morgan fingerprint density at radius 3 is 2.86 bits per heavy atom. The molecule has 3 rings (SSSR count). The predicted molar refractivity (Wildman–Crippen MR) is 85.3 cm³/mol. The molecule has 0 bridgehead atoms. The molecular formula is C16H13BrN2O2. The molecule has 0 aliphatic rings. The summed E-state index contributed by atoms with van der Waals surface area (Å²) in [4.78, 5) is 19.1.